The minimum absolute atomic E-state index is 0.0886. The standard InChI is InChI=1S/C33H48N6O4/c1-41-30-8-4-27(5-9-30)28-24-31(35-32(25-28)38-16-20-42-21-17-38)37-14-12-36(13-15-37)11-10-26-2-6-29(7-3-26)34-33(40)39-18-22-43-23-19-39/h4-5,8-9,24-26,29H,2-3,6-7,10-23H2,1H3,(H,34,40). The fourth-order valence-corrected chi connectivity index (χ4v) is 6.76. The van der Waals surface area contributed by atoms with Gasteiger partial charge in [-0.05, 0) is 80.0 Å². The Bertz CT molecular complexity index is 1170. The van der Waals surface area contributed by atoms with Gasteiger partial charge in [0.25, 0.3) is 0 Å². The van der Waals surface area contributed by atoms with Gasteiger partial charge in [-0.15, -0.1) is 0 Å². The van der Waals surface area contributed by atoms with Gasteiger partial charge in [0.15, 0.2) is 0 Å². The first-order chi connectivity index (χ1) is 21.1. The van der Waals surface area contributed by atoms with Crippen molar-refractivity contribution in [2.24, 2.45) is 5.92 Å². The lowest BCUT2D eigenvalue weighted by Crippen LogP contribution is -2.50. The third kappa shape index (κ3) is 7.91. The molecule has 3 saturated heterocycles. The number of anilines is 2. The number of hydrogen-bond donors (Lipinski definition) is 1. The Kier molecular flexibility index (Phi) is 10.2. The van der Waals surface area contributed by atoms with E-state index in [9.17, 15) is 4.79 Å². The van der Waals surface area contributed by atoms with Crippen molar-refractivity contribution >= 4 is 17.7 Å². The number of methoxy groups -OCH3 is 1. The minimum Gasteiger partial charge on any atom is -0.497 e. The molecule has 3 aliphatic heterocycles. The van der Waals surface area contributed by atoms with Gasteiger partial charge in [0.05, 0.1) is 33.5 Å². The van der Waals surface area contributed by atoms with Gasteiger partial charge < -0.3 is 34.2 Å². The number of benzene rings is 1. The molecular formula is C33H48N6O4. The van der Waals surface area contributed by atoms with E-state index in [0.717, 1.165) is 95.2 Å². The molecule has 10 heteroatoms. The number of hydrogen-bond acceptors (Lipinski definition) is 8. The molecular weight excluding hydrogens is 544 g/mol. The summed E-state index contributed by atoms with van der Waals surface area (Å²) in [4.78, 5) is 27.0. The van der Waals surface area contributed by atoms with Gasteiger partial charge in [0.1, 0.15) is 17.4 Å². The van der Waals surface area contributed by atoms with Gasteiger partial charge >= 0.3 is 6.03 Å². The van der Waals surface area contributed by atoms with E-state index in [1.807, 2.05) is 17.0 Å². The molecule has 1 aromatic heterocycles. The highest BCUT2D eigenvalue weighted by atomic mass is 16.5. The van der Waals surface area contributed by atoms with Gasteiger partial charge in [0, 0.05) is 58.4 Å². The zero-order valence-corrected chi connectivity index (χ0v) is 25.7. The number of nitrogens with one attached hydrogen (secondary N) is 1. The van der Waals surface area contributed by atoms with Crippen LogP contribution in [0.2, 0.25) is 0 Å². The zero-order chi connectivity index (χ0) is 29.4. The maximum Gasteiger partial charge on any atom is 0.317 e. The summed E-state index contributed by atoms with van der Waals surface area (Å²) in [5.74, 6) is 3.72. The SMILES string of the molecule is COc1ccc(-c2cc(N3CCOCC3)nc(N3CCN(CCC4CCC(NC(=O)N5CCOCC5)CC4)CC3)c2)cc1. The van der Waals surface area contributed by atoms with Crippen molar-refractivity contribution in [2.75, 3.05) is 102 Å². The summed E-state index contributed by atoms with van der Waals surface area (Å²) in [6, 6.07) is 13.2. The number of carbonyl (C=O) groups is 1. The molecule has 234 valence electrons. The number of morpholine rings is 2. The molecule has 10 nitrogen and oxygen atoms in total. The molecule has 0 bridgehead atoms. The normalized spacial score (nSPS) is 23.7. The predicted octanol–water partition coefficient (Wildman–Crippen LogP) is 3.71. The van der Waals surface area contributed by atoms with Crippen LogP contribution in [-0.2, 0) is 9.47 Å². The van der Waals surface area contributed by atoms with Gasteiger partial charge in [-0.3, -0.25) is 4.90 Å². The maximum atomic E-state index is 12.6. The summed E-state index contributed by atoms with van der Waals surface area (Å²) >= 11 is 0. The molecule has 43 heavy (non-hydrogen) atoms. The van der Waals surface area contributed by atoms with Crippen LogP contribution in [0.4, 0.5) is 16.4 Å². The van der Waals surface area contributed by atoms with Crippen molar-refractivity contribution in [2.45, 2.75) is 38.1 Å². The van der Waals surface area contributed by atoms with E-state index in [4.69, 9.17) is 19.2 Å². The van der Waals surface area contributed by atoms with Gasteiger partial charge in [-0.1, -0.05) is 12.1 Å². The largest absolute Gasteiger partial charge is 0.497 e. The van der Waals surface area contributed by atoms with Crippen molar-refractivity contribution in [3.63, 3.8) is 0 Å². The van der Waals surface area contributed by atoms with E-state index in [1.165, 1.54) is 30.4 Å². The molecule has 2 amide bonds. The van der Waals surface area contributed by atoms with Crippen LogP contribution in [0.15, 0.2) is 36.4 Å². The second-order valence-corrected chi connectivity index (χ2v) is 12.3. The first kappa shape index (κ1) is 30.0. The second kappa shape index (κ2) is 14.6. The number of ether oxygens (including phenoxy) is 3. The smallest absolute Gasteiger partial charge is 0.317 e. The van der Waals surface area contributed by atoms with Crippen LogP contribution in [0.1, 0.15) is 32.1 Å². The number of pyridine rings is 1. The first-order valence-corrected chi connectivity index (χ1v) is 16.2. The third-order valence-corrected chi connectivity index (χ3v) is 9.58. The van der Waals surface area contributed by atoms with E-state index in [1.54, 1.807) is 7.11 Å². The summed E-state index contributed by atoms with van der Waals surface area (Å²) < 4.78 is 16.4. The first-order valence-electron chi connectivity index (χ1n) is 16.2. The summed E-state index contributed by atoms with van der Waals surface area (Å²) in [6.45, 7) is 11.2. The molecule has 1 aromatic carbocycles. The number of piperazine rings is 1. The van der Waals surface area contributed by atoms with Crippen molar-refractivity contribution in [1.29, 1.82) is 0 Å². The molecule has 0 unspecified atom stereocenters. The van der Waals surface area contributed by atoms with E-state index in [2.05, 4.69) is 44.3 Å². The zero-order valence-electron chi connectivity index (χ0n) is 25.7. The van der Waals surface area contributed by atoms with E-state index < -0.39 is 0 Å². The number of urea groups is 1. The minimum atomic E-state index is 0.0886. The average Bonchev–Trinajstić information content (AvgIpc) is 3.09. The quantitative estimate of drug-likeness (QED) is 0.497. The van der Waals surface area contributed by atoms with E-state index >= 15 is 0 Å². The summed E-state index contributed by atoms with van der Waals surface area (Å²) in [6.07, 6.45) is 5.85. The third-order valence-electron chi connectivity index (χ3n) is 9.58. The van der Waals surface area contributed by atoms with Crippen molar-refractivity contribution in [3.8, 4) is 16.9 Å². The van der Waals surface area contributed by atoms with Crippen LogP contribution in [0.5, 0.6) is 5.75 Å². The lowest BCUT2D eigenvalue weighted by molar-refractivity contribution is 0.0519. The van der Waals surface area contributed by atoms with Gasteiger partial charge in [-0.25, -0.2) is 9.78 Å². The maximum absolute atomic E-state index is 12.6. The molecule has 0 radical (unpaired) electrons. The van der Waals surface area contributed by atoms with E-state index in [-0.39, 0.29) is 6.03 Å². The molecule has 1 aliphatic carbocycles. The monoisotopic (exact) mass is 592 g/mol. The Morgan fingerprint density at radius 1 is 0.814 bits per heavy atom. The molecule has 4 aliphatic rings. The average molecular weight is 593 g/mol. The van der Waals surface area contributed by atoms with Crippen LogP contribution in [0, 0.1) is 5.92 Å². The fraction of sp³-hybridized carbons (Fsp3) is 0.636. The lowest BCUT2D eigenvalue weighted by atomic mass is 9.84. The number of rotatable bonds is 8. The van der Waals surface area contributed by atoms with Gasteiger partial charge in [-0.2, -0.15) is 0 Å². The number of nitrogens with zero attached hydrogens (tertiary/aromatic N) is 5. The van der Waals surface area contributed by atoms with Crippen LogP contribution < -0.4 is 19.9 Å². The van der Waals surface area contributed by atoms with Crippen molar-refractivity contribution in [3.05, 3.63) is 36.4 Å². The van der Waals surface area contributed by atoms with Crippen molar-refractivity contribution in [1.82, 2.24) is 20.1 Å². The van der Waals surface area contributed by atoms with Crippen molar-refractivity contribution < 1.29 is 19.0 Å². The fourth-order valence-electron chi connectivity index (χ4n) is 6.76. The number of aromatic nitrogens is 1. The number of amides is 2. The summed E-state index contributed by atoms with van der Waals surface area (Å²) in [5.41, 5.74) is 2.36. The molecule has 4 heterocycles. The van der Waals surface area contributed by atoms with Crippen LogP contribution in [-0.4, -0.2) is 119 Å². The Hall–Kier alpha value is -3.08. The van der Waals surface area contributed by atoms with Crippen LogP contribution in [0.3, 0.4) is 0 Å². The highest BCUT2D eigenvalue weighted by Gasteiger charge is 2.26. The molecule has 1 N–H and O–H groups in total. The van der Waals surface area contributed by atoms with E-state index in [0.29, 0.717) is 32.3 Å². The number of carbonyl (C=O) groups excluding carboxylic acids is 1. The Morgan fingerprint density at radius 2 is 1.42 bits per heavy atom. The lowest BCUT2D eigenvalue weighted by Gasteiger charge is -2.37. The molecule has 0 spiro atoms. The second-order valence-electron chi connectivity index (χ2n) is 12.3. The topological polar surface area (TPSA) is 82.6 Å². The predicted molar refractivity (Wildman–Crippen MR) is 169 cm³/mol. The highest BCUT2D eigenvalue weighted by molar-refractivity contribution is 5.74. The molecule has 4 fully saturated rings. The summed E-state index contributed by atoms with van der Waals surface area (Å²) in [7, 11) is 1.70. The molecule has 6 rings (SSSR count). The van der Waals surface area contributed by atoms with Crippen LogP contribution in [0.25, 0.3) is 11.1 Å². The Morgan fingerprint density at radius 3 is 2.05 bits per heavy atom. The Labute approximate surface area is 256 Å². The molecule has 2 aromatic rings. The van der Waals surface area contributed by atoms with Crippen LogP contribution >= 0.6 is 0 Å². The Balaban J connectivity index is 0.996. The summed E-state index contributed by atoms with van der Waals surface area (Å²) in [5, 5.41) is 3.27. The highest BCUT2D eigenvalue weighted by Crippen LogP contribution is 2.31. The van der Waals surface area contributed by atoms with Gasteiger partial charge in [0.2, 0.25) is 0 Å². The molecule has 1 saturated carbocycles. The molecule has 0 atom stereocenters.